The highest BCUT2D eigenvalue weighted by Crippen LogP contribution is 2.17. The van der Waals surface area contributed by atoms with Crippen molar-refractivity contribution in [3.05, 3.63) is 35.6 Å². The summed E-state index contributed by atoms with van der Waals surface area (Å²) in [7, 11) is 0. The van der Waals surface area contributed by atoms with E-state index in [2.05, 4.69) is 5.32 Å². The van der Waals surface area contributed by atoms with Crippen molar-refractivity contribution in [1.29, 1.82) is 0 Å². The van der Waals surface area contributed by atoms with Crippen LogP contribution in [0.3, 0.4) is 0 Å². The first-order chi connectivity index (χ1) is 8.18. The fraction of sp³-hybridized carbons (Fsp3) is 0.385. The van der Waals surface area contributed by atoms with Crippen LogP contribution in [-0.4, -0.2) is 24.7 Å². The SMILES string of the molecule is O=C1CCNCCC1C(=O)c1ccc(F)cc1. The van der Waals surface area contributed by atoms with Crippen molar-refractivity contribution in [3.63, 3.8) is 0 Å². The van der Waals surface area contributed by atoms with Gasteiger partial charge in [-0.3, -0.25) is 9.59 Å². The molecule has 0 aliphatic carbocycles. The molecule has 0 spiro atoms. The molecule has 2 rings (SSSR count). The molecule has 17 heavy (non-hydrogen) atoms. The average Bonchev–Trinajstić information content (AvgIpc) is 2.54. The molecule has 0 aromatic heterocycles. The molecule has 1 unspecified atom stereocenters. The van der Waals surface area contributed by atoms with Gasteiger partial charge in [0.15, 0.2) is 5.78 Å². The Bertz CT molecular complexity index is 428. The van der Waals surface area contributed by atoms with Gasteiger partial charge in [0.1, 0.15) is 11.6 Å². The van der Waals surface area contributed by atoms with Gasteiger partial charge in [-0.1, -0.05) is 0 Å². The van der Waals surface area contributed by atoms with Crippen molar-refractivity contribution in [2.24, 2.45) is 5.92 Å². The molecule has 4 heteroatoms. The van der Waals surface area contributed by atoms with Crippen LogP contribution in [0.2, 0.25) is 0 Å². The van der Waals surface area contributed by atoms with E-state index in [0.29, 0.717) is 31.5 Å². The number of halogens is 1. The van der Waals surface area contributed by atoms with Gasteiger partial charge in [0.2, 0.25) is 0 Å². The summed E-state index contributed by atoms with van der Waals surface area (Å²) in [5, 5.41) is 3.09. The molecule has 1 N–H and O–H groups in total. The Labute approximate surface area is 99.0 Å². The molecule has 90 valence electrons. The van der Waals surface area contributed by atoms with E-state index in [1.807, 2.05) is 0 Å². The highest BCUT2D eigenvalue weighted by atomic mass is 19.1. The third-order valence-electron chi connectivity index (χ3n) is 2.99. The molecule has 1 aromatic rings. The van der Waals surface area contributed by atoms with Crippen molar-refractivity contribution in [3.8, 4) is 0 Å². The van der Waals surface area contributed by atoms with Crippen LogP contribution in [0.1, 0.15) is 23.2 Å². The zero-order valence-electron chi connectivity index (χ0n) is 9.41. The van der Waals surface area contributed by atoms with Gasteiger partial charge in [0, 0.05) is 18.5 Å². The summed E-state index contributed by atoms with van der Waals surface area (Å²) in [4.78, 5) is 23.9. The quantitative estimate of drug-likeness (QED) is 0.625. The van der Waals surface area contributed by atoms with E-state index < -0.39 is 5.92 Å². The van der Waals surface area contributed by atoms with E-state index >= 15 is 0 Å². The first-order valence-electron chi connectivity index (χ1n) is 5.71. The predicted octanol–water partition coefficient (Wildman–Crippen LogP) is 1.58. The standard InChI is InChI=1S/C13H14FNO2/c14-10-3-1-9(2-4-10)13(17)11-5-7-15-8-6-12(11)16/h1-4,11,15H,5-8H2. The number of nitrogens with one attached hydrogen (secondary N) is 1. The lowest BCUT2D eigenvalue weighted by Gasteiger charge is -2.11. The number of Topliss-reactive ketones (excluding diaryl/α,β-unsaturated/α-hetero) is 2. The summed E-state index contributed by atoms with van der Waals surface area (Å²) >= 11 is 0. The third-order valence-corrected chi connectivity index (χ3v) is 2.99. The molecule has 3 nitrogen and oxygen atoms in total. The zero-order valence-corrected chi connectivity index (χ0v) is 9.41. The highest BCUT2D eigenvalue weighted by molar-refractivity contribution is 6.10. The van der Waals surface area contributed by atoms with Crippen LogP contribution in [0.5, 0.6) is 0 Å². The van der Waals surface area contributed by atoms with E-state index in [4.69, 9.17) is 0 Å². The third kappa shape index (κ3) is 2.77. The topological polar surface area (TPSA) is 46.2 Å². The minimum absolute atomic E-state index is 0.0238. The fourth-order valence-electron chi connectivity index (χ4n) is 2.01. The second kappa shape index (κ2) is 5.19. The number of benzene rings is 1. The molecule has 1 saturated heterocycles. The second-order valence-corrected chi connectivity index (χ2v) is 4.18. The van der Waals surface area contributed by atoms with Gasteiger partial charge in [0.05, 0.1) is 5.92 Å². The van der Waals surface area contributed by atoms with Crippen molar-refractivity contribution in [2.75, 3.05) is 13.1 Å². The molecule has 0 saturated carbocycles. The average molecular weight is 235 g/mol. The van der Waals surface area contributed by atoms with E-state index in [1.54, 1.807) is 0 Å². The number of hydrogen-bond acceptors (Lipinski definition) is 3. The monoisotopic (exact) mass is 235 g/mol. The van der Waals surface area contributed by atoms with Gasteiger partial charge in [-0.2, -0.15) is 0 Å². The Hall–Kier alpha value is -1.55. The number of rotatable bonds is 2. The molecule has 0 radical (unpaired) electrons. The van der Waals surface area contributed by atoms with Gasteiger partial charge < -0.3 is 5.32 Å². The molecule has 1 fully saturated rings. The highest BCUT2D eigenvalue weighted by Gasteiger charge is 2.28. The number of carbonyl (C=O) groups is 2. The summed E-state index contributed by atoms with van der Waals surface area (Å²) in [5.41, 5.74) is 0.409. The number of carbonyl (C=O) groups excluding carboxylic acids is 2. The van der Waals surface area contributed by atoms with E-state index in [9.17, 15) is 14.0 Å². The molecule has 1 atom stereocenters. The minimum atomic E-state index is -0.574. The summed E-state index contributed by atoms with van der Waals surface area (Å²) < 4.78 is 12.7. The van der Waals surface area contributed by atoms with Crippen LogP contribution in [0, 0.1) is 11.7 Å². The Morgan fingerprint density at radius 2 is 1.94 bits per heavy atom. The van der Waals surface area contributed by atoms with Gasteiger partial charge >= 0.3 is 0 Å². The van der Waals surface area contributed by atoms with E-state index in [0.717, 1.165) is 0 Å². The van der Waals surface area contributed by atoms with E-state index in [1.165, 1.54) is 24.3 Å². The molecular weight excluding hydrogens is 221 g/mol. The molecular formula is C13H14FNO2. The Morgan fingerprint density at radius 3 is 2.65 bits per heavy atom. The number of ketones is 2. The van der Waals surface area contributed by atoms with Crippen LogP contribution in [0.15, 0.2) is 24.3 Å². The zero-order chi connectivity index (χ0) is 12.3. The van der Waals surface area contributed by atoms with Gasteiger partial charge in [-0.05, 0) is 37.2 Å². The van der Waals surface area contributed by atoms with Crippen LogP contribution in [0.25, 0.3) is 0 Å². The summed E-state index contributed by atoms with van der Waals surface area (Å²) in [6.07, 6.45) is 0.909. The lowest BCUT2D eigenvalue weighted by Crippen LogP contribution is -2.24. The molecule has 1 aromatic carbocycles. The van der Waals surface area contributed by atoms with Crippen LogP contribution in [0.4, 0.5) is 4.39 Å². The fourth-order valence-corrected chi connectivity index (χ4v) is 2.01. The Morgan fingerprint density at radius 1 is 1.24 bits per heavy atom. The molecule has 1 aliphatic heterocycles. The second-order valence-electron chi connectivity index (χ2n) is 4.18. The molecule has 1 aliphatic rings. The van der Waals surface area contributed by atoms with Crippen LogP contribution >= 0.6 is 0 Å². The molecule has 1 heterocycles. The smallest absolute Gasteiger partial charge is 0.173 e. The van der Waals surface area contributed by atoms with Gasteiger partial charge in [0.25, 0.3) is 0 Å². The van der Waals surface area contributed by atoms with Crippen molar-refractivity contribution < 1.29 is 14.0 Å². The van der Waals surface area contributed by atoms with Crippen LogP contribution < -0.4 is 5.32 Å². The maximum absolute atomic E-state index is 12.7. The lowest BCUT2D eigenvalue weighted by atomic mass is 9.90. The lowest BCUT2D eigenvalue weighted by molar-refractivity contribution is -0.121. The first kappa shape index (κ1) is 11.9. The van der Waals surface area contributed by atoms with Crippen molar-refractivity contribution in [1.82, 2.24) is 5.32 Å². The van der Waals surface area contributed by atoms with Crippen molar-refractivity contribution in [2.45, 2.75) is 12.8 Å². The van der Waals surface area contributed by atoms with Crippen LogP contribution in [-0.2, 0) is 4.79 Å². The predicted molar refractivity (Wildman–Crippen MR) is 61.3 cm³/mol. The summed E-state index contributed by atoms with van der Waals surface area (Å²) in [6.45, 7) is 1.30. The largest absolute Gasteiger partial charge is 0.316 e. The summed E-state index contributed by atoms with van der Waals surface area (Å²) in [6, 6.07) is 5.35. The summed E-state index contributed by atoms with van der Waals surface area (Å²) in [5.74, 6) is -1.17. The normalized spacial score (nSPS) is 21.0. The molecule has 0 amide bonds. The van der Waals surface area contributed by atoms with Gasteiger partial charge in [-0.25, -0.2) is 4.39 Å². The first-order valence-corrected chi connectivity index (χ1v) is 5.71. The maximum atomic E-state index is 12.7. The Balaban J connectivity index is 2.18. The van der Waals surface area contributed by atoms with E-state index in [-0.39, 0.29) is 17.4 Å². The number of hydrogen-bond donors (Lipinski definition) is 1. The maximum Gasteiger partial charge on any atom is 0.173 e. The van der Waals surface area contributed by atoms with Gasteiger partial charge in [-0.15, -0.1) is 0 Å². The Kier molecular flexibility index (Phi) is 3.64. The van der Waals surface area contributed by atoms with Crippen molar-refractivity contribution >= 4 is 11.6 Å². The minimum Gasteiger partial charge on any atom is -0.316 e. The molecule has 0 bridgehead atoms.